The van der Waals surface area contributed by atoms with Crippen molar-refractivity contribution in [2.75, 3.05) is 0 Å². The van der Waals surface area contributed by atoms with Crippen LogP contribution in [-0.2, 0) is 0 Å². The maximum Gasteiger partial charge on any atom is 0.255 e. The van der Waals surface area contributed by atoms with E-state index >= 15 is 0 Å². The second-order valence-corrected chi connectivity index (χ2v) is 7.62. The van der Waals surface area contributed by atoms with Crippen LogP contribution in [0, 0.1) is 6.92 Å². The van der Waals surface area contributed by atoms with Crippen LogP contribution in [0.2, 0.25) is 0 Å². The van der Waals surface area contributed by atoms with Crippen molar-refractivity contribution in [1.82, 2.24) is 19.9 Å². The number of aromatic nitrogens is 3. The fourth-order valence-electron chi connectivity index (χ4n) is 3.85. The summed E-state index contributed by atoms with van der Waals surface area (Å²) in [5.41, 5.74) is 2.38. The average Bonchev–Trinajstić information content (AvgIpc) is 3.26. The van der Waals surface area contributed by atoms with Crippen molar-refractivity contribution < 1.29 is 9.21 Å². The molecule has 0 fully saturated rings. The number of fused-ring (bicyclic) bond motifs is 2. The summed E-state index contributed by atoms with van der Waals surface area (Å²) in [6, 6.07) is 19.6. The lowest BCUT2D eigenvalue weighted by Crippen LogP contribution is -2.28. The highest BCUT2D eigenvalue weighted by molar-refractivity contribution is 6.05. The van der Waals surface area contributed by atoms with Gasteiger partial charge >= 0.3 is 0 Å². The summed E-state index contributed by atoms with van der Waals surface area (Å²) in [5.74, 6) is 0.707. The lowest BCUT2D eigenvalue weighted by molar-refractivity contribution is 0.0939. The molecule has 3 heterocycles. The number of rotatable bonds is 4. The number of hydrogen-bond donors (Lipinski definition) is 1. The van der Waals surface area contributed by atoms with Gasteiger partial charge in [-0.05, 0) is 38.1 Å². The van der Waals surface area contributed by atoms with Crippen LogP contribution in [0.1, 0.15) is 34.7 Å². The van der Waals surface area contributed by atoms with Crippen molar-refractivity contribution in [1.29, 1.82) is 0 Å². The molecule has 0 aliphatic heterocycles. The van der Waals surface area contributed by atoms with Gasteiger partial charge in [-0.2, -0.15) is 0 Å². The molecule has 0 spiro atoms. The van der Waals surface area contributed by atoms with Crippen molar-refractivity contribution in [3.63, 3.8) is 0 Å². The fourth-order valence-corrected chi connectivity index (χ4v) is 3.85. The van der Waals surface area contributed by atoms with Crippen LogP contribution in [0.3, 0.4) is 0 Å². The minimum atomic E-state index is -0.416. The number of para-hydroxylation sites is 1. The smallest absolute Gasteiger partial charge is 0.255 e. The highest BCUT2D eigenvalue weighted by atomic mass is 16.3. The van der Waals surface area contributed by atoms with Crippen LogP contribution in [0.15, 0.2) is 82.1 Å². The normalized spacial score (nSPS) is 12.2. The van der Waals surface area contributed by atoms with Gasteiger partial charge in [0.25, 0.3) is 5.91 Å². The number of nitrogens with zero attached hydrogens (tertiary/aromatic N) is 3. The summed E-state index contributed by atoms with van der Waals surface area (Å²) in [7, 11) is 0. The van der Waals surface area contributed by atoms with E-state index in [1.54, 1.807) is 25.1 Å². The van der Waals surface area contributed by atoms with Crippen LogP contribution in [0.25, 0.3) is 27.9 Å². The van der Waals surface area contributed by atoms with Gasteiger partial charge in [-0.1, -0.05) is 42.5 Å². The molecule has 0 unspecified atom stereocenters. The monoisotopic (exact) mass is 424 g/mol. The van der Waals surface area contributed by atoms with Crippen LogP contribution < -0.4 is 10.7 Å². The Morgan fingerprint density at radius 2 is 1.78 bits per heavy atom. The molecule has 32 heavy (non-hydrogen) atoms. The number of pyridine rings is 1. The number of carbonyl (C=O) groups excluding carboxylic acids is 1. The molecular weight excluding hydrogens is 404 g/mol. The van der Waals surface area contributed by atoms with E-state index in [0.717, 1.165) is 5.56 Å². The van der Waals surface area contributed by atoms with Gasteiger partial charge in [-0.3, -0.25) is 14.0 Å². The third-order valence-electron chi connectivity index (χ3n) is 5.50. The zero-order valence-electron chi connectivity index (χ0n) is 17.6. The second kappa shape index (κ2) is 7.77. The van der Waals surface area contributed by atoms with Gasteiger partial charge in [0.2, 0.25) is 0 Å². The van der Waals surface area contributed by atoms with Gasteiger partial charge in [0, 0.05) is 17.3 Å². The highest BCUT2D eigenvalue weighted by Crippen LogP contribution is 2.27. The van der Waals surface area contributed by atoms with Gasteiger partial charge in [0.15, 0.2) is 22.5 Å². The largest absolute Gasteiger partial charge is 0.455 e. The highest BCUT2D eigenvalue weighted by Gasteiger charge is 2.21. The fraction of sp³-hybridized carbons (Fsp3) is 0.120. The van der Waals surface area contributed by atoms with E-state index in [0.29, 0.717) is 28.2 Å². The third kappa shape index (κ3) is 3.24. The van der Waals surface area contributed by atoms with E-state index in [9.17, 15) is 9.59 Å². The topological polar surface area (TPSA) is 89.5 Å². The van der Waals surface area contributed by atoms with Crippen molar-refractivity contribution in [2.24, 2.45) is 0 Å². The standard InChI is InChI=1S/C25H20N4O3/c1-15-21(30)18-11-8-12-19(23(18)32-22(15)17-9-4-3-5-10-17)25(31)26-16(2)24-28-27-20-13-6-7-14-29(20)24/h3-14,16H,1-2H3,(H,26,31)/t16-/m1/s1. The van der Waals surface area contributed by atoms with E-state index in [2.05, 4.69) is 15.5 Å². The predicted molar refractivity (Wildman–Crippen MR) is 122 cm³/mol. The Kier molecular flexibility index (Phi) is 4.78. The number of carbonyl (C=O) groups is 1. The number of amides is 1. The third-order valence-corrected chi connectivity index (χ3v) is 5.50. The quantitative estimate of drug-likeness (QED) is 0.465. The van der Waals surface area contributed by atoms with Crippen molar-refractivity contribution >= 4 is 22.5 Å². The molecule has 0 bridgehead atoms. The van der Waals surface area contributed by atoms with E-state index in [1.165, 1.54) is 0 Å². The molecule has 0 aliphatic rings. The van der Waals surface area contributed by atoms with E-state index in [1.807, 2.05) is 66.1 Å². The van der Waals surface area contributed by atoms with Crippen LogP contribution in [0.4, 0.5) is 0 Å². The van der Waals surface area contributed by atoms with E-state index in [4.69, 9.17) is 4.42 Å². The summed E-state index contributed by atoms with van der Waals surface area (Å²) in [4.78, 5) is 26.3. The zero-order chi connectivity index (χ0) is 22.2. The van der Waals surface area contributed by atoms with Gasteiger partial charge in [0.05, 0.1) is 17.0 Å². The van der Waals surface area contributed by atoms with Gasteiger partial charge in [0.1, 0.15) is 5.76 Å². The average molecular weight is 424 g/mol. The molecule has 0 aliphatic carbocycles. The van der Waals surface area contributed by atoms with Crippen LogP contribution in [-0.4, -0.2) is 20.5 Å². The summed E-state index contributed by atoms with van der Waals surface area (Å²) >= 11 is 0. The predicted octanol–water partition coefficient (Wildman–Crippen LogP) is 4.30. The molecule has 7 heteroatoms. The molecule has 3 aromatic heterocycles. The molecule has 0 saturated carbocycles. The molecule has 0 saturated heterocycles. The Balaban J connectivity index is 1.57. The first-order chi connectivity index (χ1) is 15.5. The molecule has 1 N–H and O–H groups in total. The van der Waals surface area contributed by atoms with Gasteiger partial charge in [-0.25, -0.2) is 0 Å². The Morgan fingerprint density at radius 3 is 2.59 bits per heavy atom. The Morgan fingerprint density at radius 1 is 1.00 bits per heavy atom. The summed E-state index contributed by atoms with van der Waals surface area (Å²) in [5, 5.41) is 11.7. The lowest BCUT2D eigenvalue weighted by Gasteiger charge is -2.14. The summed E-state index contributed by atoms with van der Waals surface area (Å²) in [6.45, 7) is 3.57. The van der Waals surface area contributed by atoms with E-state index in [-0.39, 0.29) is 22.5 Å². The maximum atomic E-state index is 13.2. The molecule has 5 rings (SSSR count). The molecule has 7 nitrogen and oxygen atoms in total. The van der Waals surface area contributed by atoms with Crippen molar-refractivity contribution in [3.05, 3.63) is 100 Å². The van der Waals surface area contributed by atoms with Crippen molar-refractivity contribution in [2.45, 2.75) is 19.9 Å². The Hall–Kier alpha value is -4.26. The van der Waals surface area contributed by atoms with Crippen LogP contribution in [0.5, 0.6) is 0 Å². The number of nitrogens with one attached hydrogen (secondary N) is 1. The SMILES string of the molecule is Cc1c(-c2ccccc2)oc2c(C(=O)N[C@H](C)c3nnc4ccccn34)cccc2c1=O. The Labute approximate surface area is 183 Å². The number of benzene rings is 2. The summed E-state index contributed by atoms with van der Waals surface area (Å²) < 4.78 is 7.98. The molecular formula is C25H20N4O3. The molecule has 158 valence electrons. The first kappa shape index (κ1) is 19.7. The molecule has 1 amide bonds. The first-order valence-corrected chi connectivity index (χ1v) is 10.3. The van der Waals surface area contributed by atoms with Crippen molar-refractivity contribution in [3.8, 4) is 11.3 Å². The zero-order valence-corrected chi connectivity index (χ0v) is 17.6. The molecule has 5 aromatic rings. The maximum absolute atomic E-state index is 13.2. The minimum Gasteiger partial charge on any atom is -0.455 e. The molecule has 0 radical (unpaired) electrons. The van der Waals surface area contributed by atoms with Crippen LogP contribution >= 0.6 is 0 Å². The Bertz CT molecular complexity index is 1520. The molecule has 2 aromatic carbocycles. The second-order valence-electron chi connectivity index (χ2n) is 7.62. The van der Waals surface area contributed by atoms with Gasteiger partial charge < -0.3 is 9.73 Å². The lowest BCUT2D eigenvalue weighted by atomic mass is 10.0. The summed E-state index contributed by atoms with van der Waals surface area (Å²) in [6.07, 6.45) is 1.85. The number of hydrogen-bond acceptors (Lipinski definition) is 5. The van der Waals surface area contributed by atoms with E-state index < -0.39 is 6.04 Å². The minimum absolute atomic E-state index is 0.156. The first-order valence-electron chi connectivity index (χ1n) is 10.3. The van der Waals surface area contributed by atoms with Gasteiger partial charge in [-0.15, -0.1) is 10.2 Å². The molecule has 1 atom stereocenters.